The molecule has 0 saturated heterocycles. The minimum Gasteiger partial charge on any atom is -0.497 e. The lowest BCUT2D eigenvalue weighted by atomic mass is 10.2. The summed E-state index contributed by atoms with van der Waals surface area (Å²) in [5.74, 6) is 0.509. The van der Waals surface area contributed by atoms with E-state index in [-0.39, 0.29) is 28.2 Å². The summed E-state index contributed by atoms with van der Waals surface area (Å²) in [6, 6.07) is 9.03. The van der Waals surface area contributed by atoms with Crippen molar-refractivity contribution in [2.24, 2.45) is 0 Å². The van der Waals surface area contributed by atoms with Crippen molar-refractivity contribution in [2.75, 3.05) is 35.8 Å². The van der Waals surface area contributed by atoms with Gasteiger partial charge in [-0.2, -0.15) is 4.98 Å². The smallest absolute Gasteiger partial charge is 0.229 e. The predicted octanol–water partition coefficient (Wildman–Crippen LogP) is 4.15. The Bertz CT molecular complexity index is 1210. The summed E-state index contributed by atoms with van der Waals surface area (Å²) in [7, 11) is -0.661. The summed E-state index contributed by atoms with van der Waals surface area (Å²) >= 11 is 6.19. The second-order valence-corrected chi connectivity index (χ2v) is 8.43. The molecule has 12 heteroatoms. The summed E-state index contributed by atoms with van der Waals surface area (Å²) in [5, 5.41) is 5.89. The molecule has 0 radical (unpaired) electrons. The number of sulfonamides is 1. The first kappa shape index (κ1) is 22.4. The van der Waals surface area contributed by atoms with E-state index in [1.807, 2.05) is 0 Å². The Labute approximate surface area is 183 Å². The molecule has 0 amide bonds. The summed E-state index contributed by atoms with van der Waals surface area (Å²) in [6.07, 6.45) is 2.35. The lowest BCUT2D eigenvalue weighted by Crippen LogP contribution is -2.11. The fourth-order valence-electron chi connectivity index (χ4n) is 2.53. The number of hydrogen-bond acceptors (Lipinski definition) is 8. The predicted molar refractivity (Wildman–Crippen MR) is 118 cm³/mol. The normalized spacial score (nSPS) is 11.0. The minimum atomic E-state index is -3.56. The summed E-state index contributed by atoms with van der Waals surface area (Å²) in [6.45, 7) is 0. The zero-order valence-corrected chi connectivity index (χ0v) is 18.3. The van der Waals surface area contributed by atoms with Crippen molar-refractivity contribution < 1.29 is 22.3 Å². The van der Waals surface area contributed by atoms with Crippen LogP contribution in [0, 0.1) is 5.82 Å². The maximum atomic E-state index is 14.2. The van der Waals surface area contributed by atoms with Gasteiger partial charge in [-0.25, -0.2) is 17.8 Å². The third-order valence-electron chi connectivity index (χ3n) is 3.94. The Morgan fingerprint density at radius 2 is 1.61 bits per heavy atom. The first-order valence-corrected chi connectivity index (χ1v) is 11.0. The molecule has 0 atom stereocenters. The Hall–Kier alpha value is -3.31. The first-order chi connectivity index (χ1) is 14.7. The largest absolute Gasteiger partial charge is 0.497 e. The van der Waals surface area contributed by atoms with Gasteiger partial charge < -0.3 is 20.1 Å². The molecule has 1 aromatic heterocycles. The van der Waals surface area contributed by atoms with Crippen LogP contribution in [0.2, 0.25) is 5.02 Å². The zero-order chi connectivity index (χ0) is 22.6. The van der Waals surface area contributed by atoms with E-state index in [0.29, 0.717) is 17.2 Å². The highest BCUT2D eigenvalue weighted by atomic mass is 35.5. The third kappa shape index (κ3) is 5.86. The number of nitrogens with one attached hydrogen (secondary N) is 3. The van der Waals surface area contributed by atoms with Crippen LogP contribution in [0.15, 0.2) is 42.6 Å². The number of anilines is 5. The maximum Gasteiger partial charge on any atom is 0.229 e. The second-order valence-electron chi connectivity index (χ2n) is 6.27. The van der Waals surface area contributed by atoms with E-state index < -0.39 is 15.8 Å². The van der Waals surface area contributed by atoms with Crippen molar-refractivity contribution in [3.8, 4) is 11.5 Å². The lowest BCUT2D eigenvalue weighted by Gasteiger charge is -2.15. The lowest BCUT2D eigenvalue weighted by molar-refractivity contribution is 0.411. The average molecular weight is 468 g/mol. The summed E-state index contributed by atoms with van der Waals surface area (Å²) < 4.78 is 50.2. The topological polar surface area (TPSA) is 114 Å². The fourth-order valence-corrected chi connectivity index (χ4v) is 3.24. The van der Waals surface area contributed by atoms with Crippen molar-refractivity contribution in [3.63, 3.8) is 0 Å². The van der Waals surface area contributed by atoms with E-state index >= 15 is 0 Å². The molecule has 0 aliphatic heterocycles. The number of ether oxygens (including phenoxy) is 2. The van der Waals surface area contributed by atoms with Crippen molar-refractivity contribution in [3.05, 3.63) is 53.4 Å². The van der Waals surface area contributed by atoms with Gasteiger partial charge in [0.2, 0.25) is 16.0 Å². The van der Waals surface area contributed by atoms with Gasteiger partial charge in [-0.1, -0.05) is 11.6 Å². The van der Waals surface area contributed by atoms with E-state index in [0.717, 1.165) is 6.26 Å². The Kier molecular flexibility index (Phi) is 6.66. The van der Waals surface area contributed by atoms with Gasteiger partial charge in [0.05, 0.1) is 43.7 Å². The molecule has 0 aliphatic rings. The number of rotatable bonds is 8. The number of benzene rings is 2. The molecule has 3 rings (SSSR count). The highest BCUT2D eigenvalue weighted by Gasteiger charge is 2.14. The van der Waals surface area contributed by atoms with Gasteiger partial charge in [-0.15, -0.1) is 0 Å². The molecule has 0 aliphatic carbocycles. The van der Waals surface area contributed by atoms with Gasteiger partial charge in [0, 0.05) is 12.1 Å². The molecule has 9 nitrogen and oxygen atoms in total. The average Bonchev–Trinajstić information content (AvgIpc) is 2.72. The van der Waals surface area contributed by atoms with Crippen LogP contribution >= 0.6 is 11.6 Å². The molecule has 1 heterocycles. The first-order valence-electron chi connectivity index (χ1n) is 8.74. The van der Waals surface area contributed by atoms with E-state index in [4.69, 9.17) is 21.1 Å². The van der Waals surface area contributed by atoms with E-state index in [1.165, 1.54) is 38.6 Å². The number of nitrogens with zero attached hydrogens (tertiary/aromatic N) is 2. The molecule has 164 valence electrons. The summed E-state index contributed by atoms with van der Waals surface area (Å²) in [5.41, 5.74) is 0.735. The standard InChI is InChI=1S/C19H19ClFN5O4S/c1-29-11-4-6-15(14(21)8-11)24-19-22-10-13(20)18(25-19)23-16-7-5-12(30-2)9-17(16)26-31(3,27)28/h4-10,26H,1-3H3,(H2,22,23,24,25). The van der Waals surface area contributed by atoms with Crippen LogP contribution in [0.1, 0.15) is 0 Å². The zero-order valence-electron chi connectivity index (χ0n) is 16.7. The minimum absolute atomic E-state index is 0.0714. The van der Waals surface area contributed by atoms with Crippen molar-refractivity contribution in [1.82, 2.24) is 9.97 Å². The van der Waals surface area contributed by atoms with E-state index in [1.54, 1.807) is 18.2 Å². The van der Waals surface area contributed by atoms with Crippen LogP contribution < -0.4 is 24.8 Å². The van der Waals surface area contributed by atoms with Crippen LogP contribution in [-0.2, 0) is 10.0 Å². The molecule has 2 aromatic carbocycles. The molecule has 31 heavy (non-hydrogen) atoms. The molecule has 3 N–H and O–H groups in total. The van der Waals surface area contributed by atoms with Crippen LogP contribution in [0.4, 0.5) is 33.2 Å². The number of halogens is 2. The SMILES string of the molecule is COc1ccc(Nc2ncc(Cl)c(Nc3ccc(OC)cc3NS(C)(=O)=O)n2)c(F)c1. The third-order valence-corrected chi connectivity index (χ3v) is 4.81. The maximum absolute atomic E-state index is 14.2. The molecular formula is C19H19ClFN5O4S. The van der Waals surface area contributed by atoms with Crippen LogP contribution in [0.3, 0.4) is 0 Å². The summed E-state index contributed by atoms with van der Waals surface area (Å²) in [4.78, 5) is 8.30. The Morgan fingerprint density at radius 3 is 2.23 bits per heavy atom. The second kappa shape index (κ2) is 9.23. The van der Waals surface area contributed by atoms with Gasteiger partial charge in [0.25, 0.3) is 0 Å². The number of hydrogen-bond donors (Lipinski definition) is 3. The number of aromatic nitrogens is 2. The van der Waals surface area contributed by atoms with Crippen molar-refractivity contribution >= 4 is 50.5 Å². The van der Waals surface area contributed by atoms with Crippen LogP contribution in [-0.4, -0.2) is 38.9 Å². The van der Waals surface area contributed by atoms with Crippen molar-refractivity contribution in [1.29, 1.82) is 0 Å². The molecule has 0 unspecified atom stereocenters. The molecule has 0 spiro atoms. The molecule has 0 saturated carbocycles. The van der Waals surface area contributed by atoms with E-state index in [2.05, 4.69) is 25.3 Å². The molecule has 0 bridgehead atoms. The van der Waals surface area contributed by atoms with Crippen LogP contribution in [0.25, 0.3) is 0 Å². The van der Waals surface area contributed by atoms with Crippen molar-refractivity contribution in [2.45, 2.75) is 0 Å². The van der Waals surface area contributed by atoms with Crippen LogP contribution in [0.5, 0.6) is 11.5 Å². The quantitative estimate of drug-likeness (QED) is 0.452. The highest BCUT2D eigenvalue weighted by molar-refractivity contribution is 7.92. The van der Waals surface area contributed by atoms with Gasteiger partial charge >= 0.3 is 0 Å². The van der Waals surface area contributed by atoms with Gasteiger partial charge in [-0.3, -0.25) is 4.72 Å². The molecule has 0 fully saturated rings. The fraction of sp³-hybridized carbons (Fsp3) is 0.158. The number of methoxy groups -OCH3 is 2. The van der Waals surface area contributed by atoms with Gasteiger partial charge in [0.1, 0.15) is 22.3 Å². The molecular weight excluding hydrogens is 449 g/mol. The van der Waals surface area contributed by atoms with Gasteiger partial charge in [0.15, 0.2) is 5.82 Å². The van der Waals surface area contributed by atoms with Gasteiger partial charge in [-0.05, 0) is 24.3 Å². The Balaban J connectivity index is 1.91. The monoisotopic (exact) mass is 467 g/mol. The Morgan fingerprint density at radius 1 is 0.968 bits per heavy atom. The van der Waals surface area contributed by atoms with E-state index in [9.17, 15) is 12.8 Å². The molecule has 3 aromatic rings. The highest BCUT2D eigenvalue weighted by Crippen LogP contribution is 2.32.